The van der Waals surface area contributed by atoms with Crippen LogP contribution in [0.3, 0.4) is 0 Å². The van der Waals surface area contributed by atoms with E-state index in [4.69, 9.17) is 0 Å². The molecule has 2 aromatic rings. The van der Waals surface area contributed by atoms with Crippen LogP contribution in [0.5, 0.6) is 0 Å². The molecule has 0 saturated carbocycles. The predicted molar refractivity (Wildman–Crippen MR) is 113 cm³/mol. The lowest BCUT2D eigenvalue weighted by Gasteiger charge is -2.19. The summed E-state index contributed by atoms with van der Waals surface area (Å²) in [6.07, 6.45) is 1.52. The molecule has 2 saturated heterocycles. The SMILES string of the molecule is Cc1ccc(N2CCC(C(=O)Nc3ccc(N4CCCC4=O)c(F)c3)C2=O)cc1C. The highest BCUT2D eigenvalue weighted by Crippen LogP contribution is 2.29. The summed E-state index contributed by atoms with van der Waals surface area (Å²) in [5, 5.41) is 2.65. The molecule has 0 aliphatic carbocycles. The van der Waals surface area contributed by atoms with Crippen LogP contribution in [-0.2, 0) is 14.4 Å². The average Bonchev–Trinajstić information content (AvgIpc) is 3.30. The Kier molecular flexibility index (Phi) is 5.28. The van der Waals surface area contributed by atoms with Crippen molar-refractivity contribution in [3.05, 3.63) is 53.3 Å². The molecule has 2 aliphatic heterocycles. The molecule has 30 heavy (non-hydrogen) atoms. The average molecular weight is 409 g/mol. The maximum Gasteiger partial charge on any atom is 0.239 e. The number of anilines is 3. The van der Waals surface area contributed by atoms with E-state index in [0.717, 1.165) is 16.8 Å². The van der Waals surface area contributed by atoms with Crippen molar-refractivity contribution in [2.75, 3.05) is 28.2 Å². The van der Waals surface area contributed by atoms with Gasteiger partial charge in [-0.15, -0.1) is 0 Å². The molecule has 1 unspecified atom stereocenters. The number of nitrogens with one attached hydrogen (secondary N) is 1. The molecule has 3 amide bonds. The van der Waals surface area contributed by atoms with Crippen molar-refractivity contribution in [1.29, 1.82) is 0 Å². The first-order valence-corrected chi connectivity index (χ1v) is 10.1. The van der Waals surface area contributed by atoms with Crippen molar-refractivity contribution in [2.45, 2.75) is 33.1 Å². The van der Waals surface area contributed by atoms with E-state index in [1.54, 1.807) is 11.0 Å². The molecule has 2 aliphatic rings. The topological polar surface area (TPSA) is 69.7 Å². The summed E-state index contributed by atoms with van der Waals surface area (Å²) >= 11 is 0. The Labute approximate surface area is 174 Å². The molecule has 0 bridgehead atoms. The van der Waals surface area contributed by atoms with Crippen LogP contribution in [-0.4, -0.2) is 30.8 Å². The van der Waals surface area contributed by atoms with Gasteiger partial charge in [0, 0.05) is 30.9 Å². The third-order valence-corrected chi connectivity index (χ3v) is 5.90. The molecule has 0 aromatic heterocycles. The van der Waals surface area contributed by atoms with Crippen LogP contribution < -0.4 is 15.1 Å². The number of halogens is 1. The molecule has 156 valence electrons. The summed E-state index contributed by atoms with van der Waals surface area (Å²) in [6.45, 7) is 4.94. The standard InChI is InChI=1S/C23H24FN3O3/c1-14-5-7-17(12-15(14)2)26-11-9-18(23(26)30)22(29)25-16-6-8-20(19(24)13-16)27-10-3-4-21(27)28/h5-8,12-13,18H,3-4,9-11H2,1-2H3,(H,25,29). The van der Waals surface area contributed by atoms with Gasteiger partial charge in [-0.1, -0.05) is 6.07 Å². The lowest BCUT2D eigenvalue weighted by Crippen LogP contribution is -2.33. The molecule has 7 heteroatoms. The van der Waals surface area contributed by atoms with Gasteiger partial charge in [0.15, 0.2) is 0 Å². The summed E-state index contributed by atoms with van der Waals surface area (Å²) in [4.78, 5) is 40.4. The fourth-order valence-electron chi connectivity index (χ4n) is 4.01. The molecule has 4 rings (SSSR count). The van der Waals surface area contributed by atoms with Gasteiger partial charge in [0.05, 0.1) is 5.69 Å². The second-order valence-corrected chi connectivity index (χ2v) is 7.90. The summed E-state index contributed by atoms with van der Waals surface area (Å²) in [5.74, 6) is -2.19. The smallest absolute Gasteiger partial charge is 0.239 e. The molecule has 1 atom stereocenters. The zero-order valence-corrected chi connectivity index (χ0v) is 17.1. The molecule has 0 radical (unpaired) electrons. The monoisotopic (exact) mass is 409 g/mol. The molecule has 2 aromatic carbocycles. The lowest BCUT2D eigenvalue weighted by molar-refractivity contribution is -0.129. The van der Waals surface area contributed by atoms with E-state index in [1.165, 1.54) is 17.0 Å². The quantitative estimate of drug-likeness (QED) is 0.785. The second kappa shape index (κ2) is 7.89. The van der Waals surface area contributed by atoms with Crippen LogP contribution in [0.25, 0.3) is 0 Å². The zero-order valence-electron chi connectivity index (χ0n) is 17.1. The zero-order chi connectivity index (χ0) is 21.4. The van der Waals surface area contributed by atoms with Crippen LogP contribution in [0.1, 0.15) is 30.4 Å². The van der Waals surface area contributed by atoms with Crippen LogP contribution in [0.4, 0.5) is 21.5 Å². The molecule has 0 spiro atoms. The van der Waals surface area contributed by atoms with E-state index >= 15 is 0 Å². The van der Waals surface area contributed by atoms with Crippen LogP contribution >= 0.6 is 0 Å². The summed E-state index contributed by atoms with van der Waals surface area (Å²) < 4.78 is 14.5. The molecule has 2 heterocycles. The largest absolute Gasteiger partial charge is 0.325 e. The Bertz CT molecular complexity index is 1040. The molecule has 6 nitrogen and oxygen atoms in total. The van der Waals surface area contributed by atoms with Crippen molar-refractivity contribution in [2.24, 2.45) is 5.92 Å². The van der Waals surface area contributed by atoms with E-state index in [0.29, 0.717) is 32.4 Å². The lowest BCUT2D eigenvalue weighted by atomic mass is 10.1. The third kappa shape index (κ3) is 3.67. The number of amides is 3. The molecular weight excluding hydrogens is 385 g/mol. The van der Waals surface area contributed by atoms with Crippen molar-refractivity contribution in [1.82, 2.24) is 0 Å². The fourth-order valence-corrected chi connectivity index (χ4v) is 4.01. The van der Waals surface area contributed by atoms with E-state index in [2.05, 4.69) is 5.32 Å². The van der Waals surface area contributed by atoms with Gasteiger partial charge in [-0.3, -0.25) is 14.4 Å². The Morgan fingerprint density at radius 3 is 2.50 bits per heavy atom. The molecule has 1 N–H and O–H groups in total. The highest BCUT2D eigenvalue weighted by atomic mass is 19.1. The van der Waals surface area contributed by atoms with Crippen molar-refractivity contribution in [3.63, 3.8) is 0 Å². The van der Waals surface area contributed by atoms with E-state index in [1.807, 2.05) is 32.0 Å². The normalized spacial score (nSPS) is 19.0. The number of hydrogen-bond donors (Lipinski definition) is 1. The van der Waals surface area contributed by atoms with Gasteiger partial charge >= 0.3 is 0 Å². The number of benzene rings is 2. The van der Waals surface area contributed by atoms with Gasteiger partial charge in [-0.05, 0) is 68.1 Å². The van der Waals surface area contributed by atoms with Crippen LogP contribution in [0, 0.1) is 25.6 Å². The maximum absolute atomic E-state index is 14.5. The number of hydrogen-bond acceptors (Lipinski definition) is 3. The Balaban J connectivity index is 1.45. The van der Waals surface area contributed by atoms with Gasteiger partial charge in [-0.25, -0.2) is 4.39 Å². The number of carbonyl (C=O) groups is 3. The Morgan fingerprint density at radius 2 is 1.83 bits per heavy atom. The van der Waals surface area contributed by atoms with Crippen molar-refractivity contribution >= 4 is 34.8 Å². The first-order chi connectivity index (χ1) is 14.3. The highest BCUT2D eigenvalue weighted by Gasteiger charge is 2.37. The minimum Gasteiger partial charge on any atom is -0.325 e. The van der Waals surface area contributed by atoms with E-state index in [-0.39, 0.29) is 23.2 Å². The van der Waals surface area contributed by atoms with E-state index < -0.39 is 17.6 Å². The minimum atomic E-state index is -0.811. The minimum absolute atomic E-state index is 0.103. The first kappa shape index (κ1) is 20.1. The van der Waals surface area contributed by atoms with Gasteiger partial charge in [0.1, 0.15) is 11.7 Å². The highest BCUT2D eigenvalue weighted by molar-refractivity contribution is 6.13. The number of carbonyl (C=O) groups excluding carboxylic acids is 3. The summed E-state index contributed by atoms with van der Waals surface area (Å²) in [6, 6.07) is 10.0. The summed E-state index contributed by atoms with van der Waals surface area (Å²) in [5.41, 5.74) is 3.49. The third-order valence-electron chi connectivity index (χ3n) is 5.90. The fraction of sp³-hybridized carbons (Fsp3) is 0.348. The van der Waals surface area contributed by atoms with Crippen molar-refractivity contribution in [3.8, 4) is 0 Å². The Morgan fingerprint density at radius 1 is 1.03 bits per heavy atom. The molecule has 2 fully saturated rings. The van der Waals surface area contributed by atoms with Crippen LogP contribution in [0.15, 0.2) is 36.4 Å². The maximum atomic E-state index is 14.5. The number of rotatable bonds is 4. The predicted octanol–water partition coefficient (Wildman–Crippen LogP) is 3.56. The van der Waals surface area contributed by atoms with Gasteiger partial charge in [0.2, 0.25) is 17.7 Å². The second-order valence-electron chi connectivity index (χ2n) is 7.90. The number of aryl methyl sites for hydroxylation is 2. The van der Waals surface area contributed by atoms with Crippen LogP contribution in [0.2, 0.25) is 0 Å². The van der Waals surface area contributed by atoms with Crippen molar-refractivity contribution < 1.29 is 18.8 Å². The molecular formula is C23H24FN3O3. The van der Waals surface area contributed by atoms with E-state index in [9.17, 15) is 18.8 Å². The Hall–Kier alpha value is -3.22. The number of nitrogens with zero attached hydrogens (tertiary/aromatic N) is 2. The summed E-state index contributed by atoms with van der Waals surface area (Å²) in [7, 11) is 0. The van der Waals surface area contributed by atoms with Gasteiger partial charge < -0.3 is 15.1 Å². The van der Waals surface area contributed by atoms with Gasteiger partial charge in [0.25, 0.3) is 0 Å². The van der Waals surface area contributed by atoms with Gasteiger partial charge in [-0.2, -0.15) is 0 Å². The first-order valence-electron chi connectivity index (χ1n) is 10.1.